The zero-order chi connectivity index (χ0) is 15.2. The molecule has 5 nitrogen and oxygen atoms in total. The van der Waals surface area contributed by atoms with Crippen LogP contribution in [-0.2, 0) is 9.53 Å². The first-order valence-corrected chi connectivity index (χ1v) is 7.45. The Morgan fingerprint density at radius 2 is 2.14 bits per heavy atom. The number of carbonyl (C=O) groups excluding carboxylic acids is 1. The first-order valence-electron chi connectivity index (χ1n) is 7.45. The second-order valence-electron chi connectivity index (χ2n) is 5.85. The SMILES string of the molecule is CC(C)C[C@H](N)C(=O)Nc1ccc(OC2CCOC2)cc1. The molecule has 116 valence electrons. The van der Waals surface area contributed by atoms with E-state index < -0.39 is 6.04 Å². The molecular weight excluding hydrogens is 268 g/mol. The van der Waals surface area contributed by atoms with Crippen molar-refractivity contribution in [2.45, 2.75) is 38.8 Å². The van der Waals surface area contributed by atoms with E-state index in [9.17, 15) is 4.79 Å². The van der Waals surface area contributed by atoms with Crippen molar-refractivity contribution in [2.24, 2.45) is 11.7 Å². The smallest absolute Gasteiger partial charge is 0.241 e. The summed E-state index contributed by atoms with van der Waals surface area (Å²) in [6.45, 7) is 5.49. The molecule has 0 saturated carbocycles. The third-order valence-electron chi connectivity index (χ3n) is 3.37. The van der Waals surface area contributed by atoms with Crippen LogP contribution in [0, 0.1) is 5.92 Å². The largest absolute Gasteiger partial charge is 0.488 e. The van der Waals surface area contributed by atoms with E-state index in [1.807, 2.05) is 38.1 Å². The maximum absolute atomic E-state index is 11.9. The molecule has 0 aromatic heterocycles. The highest BCUT2D eigenvalue weighted by Gasteiger charge is 2.17. The van der Waals surface area contributed by atoms with E-state index in [2.05, 4.69) is 5.32 Å². The summed E-state index contributed by atoms with van der Waals surface area (Å²) in [5.41, 5.74) is 6.58. The molecule has 1 aromatic carbocycles. The summed E-state index contributed by atoms with van der Waals surface area (Å²) in [6.07, 6.45) is 1.72. The van der Waals surface area contributed by atoms with Crippen LogP contribution in [0.3, 0.4) is 0 Å². The monoisotopic (exact) mass is 292 g/mol. The highest BCUT2D eigenvalue weighted by molar-refractivity contribution is 5.94. The van der Waals surface area contributed by atoms with Crippen LogP contribution in [0.15, 0.2) is 24.3 Å². The van der Waals surface area contributed by atoms with Crippen molar-refractivity contribution >= 4 is 11.6 Å². The third-order valence-corrected chi connectivity index (χ3v) is 3.37. The van der Waals surface area contributed by atoms with Crippen molar-refractivity contribution < 1.29 is 14.3 Å². The van der Waals surface area contributed by atoms with Crippen LogP contribution >= 0.6 is 0 Å². The van der Waals surface area contributed by atoms with Crippen LogP contribution in [0.2, 0.25) is 0 Å². The Hall–Kier alpha value is -1.59. The van der Waals surface area contributed by atoms with Gasteiger partial charge in [0.15, 0.2) is 0 Å². The van der Waals surface area contributed by atoms with Gasteiger partial charge in [-0.05, 0) is 36.6 Å². The number of rotatable bonds is 6. The second kappa shape index (κ2) is 7.43. The van der Waals surface area contributed by atoms with Gasteiger partial charge in [-0.1, -0.05) is 13.8 Å². The van der Waals surface area contributed by atoms with E-state index in [-0.39, 0.29) is 12.0 Å². The molecule has 2 rings (SSSR count). The van der Waals surface area contributed by atoms with Gasteiger partial charge in [-0.15, -0.1) is 0 Å². The summed E-state index contributed by atoms with van der Waals surface area (Å²) in [5.74, 6) is 1.03. The molecule has 21 heavy (non-hydrogen) atoms. The van der Waals surface area contributed by atoms with Crippen molar-refractivity contribution in [3.8, 4) is 5.75 Å². The van der Waals surface area contributed by atoms with Crippen LogP contribution in [-0.4, -0.2) is 31.3 Å². The maximum atomic E-state index is 11.9. The summed E-state index contributed by atoms with van der Waals surface area (Å²) in [5, 5.41) is 2.82. The van der Waals surface area contributed by atoms with Crippen LogP contribution in [0.25, 0.3) is 0 Å². The van der Waals surface area contributed by atoms with Crippen LogP contribution < -0.4 is 15.8 Å². The van der Waals surface area contributed by atoms with Crippen molar-refractivity contribution in [1.29, 1.82) is 0 Å². The molecule has 5 heteroatoms. The highest BCUT2D eigenvalue weighted by atomic mass is 16.5. The molecule has 3 N–H and O–H groups in total. The van der Waals surface area contributed by atoms with Crippen molar-refractivity contribution in [2.75, 3.05) is 18.5 Å². The minimum atomic E-state index is -0.475. The number of hydrogen-bond acceptors (Lipinski definition) is 4. The second-order valence-corrected chi connectivity index (χ2v) is 5.85. The molecule has 2 atom stereocenters. The van der Waals surface area contributed by atoms with Gasteiger partial charge in [-0.3, -0.25) is 4.79 Å². The van der Waals surface area contributed by atoms with Gasteiger partial charge in [0.2, 0.25) is 5.91 Å². The number of nitrogens with one attached hydrogen (secondary N) is 1. The first kappa shape index (κ1) is 15.8. The Morgan fingerprint density at radius 3 is 2.71 bits per heavy atom. The lowest BCUT2D eigenvalue weighted by atomic mass is 10.0. The number of benzene rings is 1. The normalized spacial score (nSPS) is 19.5. The summed E-state index contributed by atoms with van der Waals surface area (Å²) in [6, 6.07) is 6.87. The average molecular weight is 292 g/mol. The molecule has 1 saturated heterocycles. The predicted molar refractivity (Wildman–Crippen MR) is 82.4 cm³/mol. The molecule has 1 aliphatic rings. The zero-order valence-electron chi connectivity index (χ0n) is 12.7. The van der Waals surface area contributed by atoms with E-state index in [0.717, 1.165) is 24.5 Å². The Labute approximate surface area is 125 Å². The zero-order valence-corrected chi connectivity index (χ0v) is 12.7. The van der Waals surface area contributed by atoms with Gasteiger partial charge in [0.1, 0.15) is 11.9 Å². The third kappa shape index (κ3) is 5.02. The molecule has 1 fully saturated rings. The number of hydrogen-bond donors (Lipinski definition) is 2. The lowest BCUT2D eigenvalue weighted by Gasteiger charge is -2.15. The van der Waals surface area contributed by atoms with E-state index in [4.69, 9.17) is 15.2 Å². The number of amides is 1. The topological polar surface area (TPSA) is 73.6 Å². The van der Waals surface area contributed by atoms with Crippen molar-refractivity contribution in [1.82, 2.24) is 0 Å². The summed E-state index contributed by atoms with van der Waals surface area (Å²) in [4.78, 5) is 11.9. The van der Waals surface area contributed by atoms with Gasteiger partial charge in [-0.2, -0.15) is 0 Å². The van der Waals surface area contributed by atoms with Gasteiger partial charge in [0, 0.05) is 12.1 Å². The molecule has 0 bridgehead atoms. The van der Waals surface area contributed by atoms with Gasteiger partial charge in [0.05, 0.1) is 19.3 Å². The fraction of sp³-hybridized carbons (Fsp3) is 0.562. The number of nitrogens with two attached hydrogens (primary N) is 1. The Morgan fingerprint density at radius 1 is 1.43 bits per heavy atom. The number of anilines is 1. The predicted octanol–water partition coefficient (Wildman–Crippen LogP) is 2.17. The highest BCUT2D eigenvalue weighted by Crippen LogP contribution is 2.20. The average Bonchev–Trinajstić information content (AvgIpc) is 2.93. The molecule has 0 spiro atoms. The lowest BCUT2D eigenvalue weighted by molar-refractivity contribution is -0.117. The van der Waals surface area contributed by atoms with Crippen molar-refractivity contribution in [3.63, 3.8) is 0 Å². The quantitative estimate of drug-likeness (QED) is 0.842. The van der Waals surface area contributed by atoms with Crippen molar-refractivity contribution in [3.05, 3.63) is 24.3 Å². The summed E-state index contributed by atoms with van der Waals surface area (Å²) >= 11 is 0. The fourth-order valence-electron chi connectivity index (χ4n) is 2.26. The molecular formula is C16H24N2O3. The number of carbonyl (C=O) groups is 1. The first-order chi connectivity index (χ1) is 10.0. The minimum absolute atomic E-state index is 0.130. The lowest BCUT2D eigenvalue weighted by Crippen LogP contribution is -2.36. The van der Waals surface area contributed by atoms with E-state index >= 15 is 0 Å². The Balaban J connectivity index is 1.85. The van der Waals surface area contributed by atoms with Crippen LogP contribution in [0.4, 0.5) is 5.69 Å². The standard InChI is InChI=1S/C16H24N2O3/c1-11(2)9-15(17)16(19)18-12-3-5-13(6-4-12)21-14-7-8-20-10-14/h3-6,11,14-15H,7-10,17H2,1-2H3,(H,18,19)/t14?,15-/m0/s1. The van der Waals surface area contributed by atoms with E-state index in [1.165, 1.54) is 0 Å². The van der Waals surface area contributed by atoms with Gasteiger partial charge >= 0.3 is 0 Å². The fourth-order valence-corrected chi connectivity index (χ4v) is 2.26. The molecule has 1 aliphatic heterocycles. The maximum Gasteiger partial charge on any atom is 0.241 e. The Kier molecular flexibility index (Phi) is 5.59. The minimum Gasteiger partial charge on any atom is -0.488 e. The summed E-state index contributed by atoms with van der Waals surface area (Å²) in [7, 11) is 0. The van der Waals surface area contributed by atoms with Gasteiger partial charge in [0.25, 0.3) is 0 Å². The molecule has 1 unspecified atom stereocenters. The van der Waals surface area contributed by atoms with E-state index in [0.29, 0.717) is 18.9 Å². The van der Waals surface area contributed by atoms with Crippen LogP contribution in [0.5, 0.6) is 5.75 Å². The molecule has 1 heterocycles. The summed E-state index contributed by atoms with van der Waals surface area (Å²) < 4.78 is 11.0. The van der Waals surface area contributed by atoms with E-state index in [1.54, 1.807) is 0 Å². The van der Waals surface area contributed by atoms with Crippen LogP contribution in [0.1, 0.15) is 26.7 Å². The number of ether oxygens (including phenoxy) is 2. The van der Waals surface area contributed by atoms with Gasteiger partial charge < -0.3 is 20.5 Å². The Bertz CT molecular complexity index is 453. The molecule has 1 amide bonds. The molecule has 0 aliphatic carbocycles. The van der Waals surface area contributed by atoms with Gasteiger partial charge in [-0.25, -0.2) is 0 Å². The molecule has 0 radical (unpaired) electrons. The molecule has 1 aromatic rings.